The number of carboxylic acid groups (broad SMARTS) is 1. The second kappa shape index (κ2) is 5.20. The molecule has 1 aromatic rings. The van der Waals surface area contributed by atoms with Gasteiger partial charge in [-0.15, -0.1) is 0 Å². The lowest BCUT2D eigenvalue weighted by molar-refractivity contribution is -0.385. The average Bonchev–Trinajstić information content (AvgIpc) is 2.25. The predicted molar refractivity (Wildman–Crippen MR) is 58.8 cm³/mol. The molecule has 6 nitrogen and oxygen atoms in total. The zero-order valence-electron chi connectivity index (χ0n) is 9.12. The van der Waals surface area contributed by atoms with E-state index in [4.69, 9.17) is 5.11 Å². The van der Waals surface area contributed by atoms with Crippen LogP contribution in [0.2, 0.25) is 0 Å². The van der Waals surface area contributed by atoms with Crippen LogP contribution in [0.1, 0.15) is 24.8 Å². The molecule has 0 aromatic heterocycles. The van der Waals surface area contributed by atoms with Gasteiger partial charge in [-0.05, 0) is 6.92 Å². The number of Topliss-reactive ketones (excluding diaryl/α,β-unsaturated/α-hetero) is 1. The zero-order valence-corrected chi connectivity index (χ0v) is 9.12. The molecule has 0 heterocycles. The van der Waals surface area contributed by atoms with Gasteiger partial charge < -0.3 is 5.11 Å². The van der Waals surface area contributed by atoms with Crippen LogP contribution in [0, 0.1) is 10.1 Å². The van der Waals surface area contributed by atoms with E-state index in [1.54, 1.807) is 6.07 Å². The minimum Gasteiger partial charge on any atom is -0.481 e. The third-order valence-electron chi connectivity index (χ3n) is 2.38. The van der Waals surface area contributed by atoms with Crippen molar-refractivity contribution in [2.24, 2.45) is 0 Å². The Morgan fingerprint density at radius 1 is 1.41 bits per heavy atom. The van der Waals surface area contributed by atoms with Crippen LogP contribution in [0.4, 0.5) is 5.69 Å². The van der Waals surface area contributed by atoms with E-state index in [1.807, 2.05) is 0 Å². The van der Waals surface area contributed by atoms with Crippen molar-refractivity contribution in [2.45, 2.75) is 19.3 Å². The van der Waals surface area contributed by atoms with Crippen LogP contribution in [0.25, 0.3) is 0 Å². The van der Waals surface area contributed by atoms with Gasteiger partial charge in [0.2, 0.25) is 0 Å². The molecule has 0 aliphatic carbocycles. The number of nitro groups is 1. The smallest absolute Gasteiger partial charge is 0.304 e. The highest BCUT2D eigenvalue weighted by Gasteiger charge is 2.27. The third-order valence-corrected chi connectivity index (χ3v) is 2.38. The van der Waals surface area contributed by atoms with Gasteiger partial charge in [0.15, 0.2) is 0 Å². The fourth-order valence-corrected chi connectivity index (χ4v) is 1.60. The Hall–Kier alpha value is -2.24. The van der Waals surface area contributed by atoms with Crippen LogP contribution in [0.15, 0.2) is 24.3 Å². The van der Waals surface area contributed by atoms with Gasteiger partial charge in [0.1, 0.15) is 5.78 Å². The molecule has 0 aliphatic rings. The van der Waals surface area contributed by atoms with Gasteiger partial charge in [-0.3, -0.25) is 19.7 Å². The number of hydrogen-bond acceptors (Lipinski definition) is 4. The van der Waals surface area contributed by atoms with Crippen LogP contribution in [-0.4, -0.2) is 21.8 Å². The van der Waals surface area contributed by atoms with Crippen molar-refractivity contribution < 1.29 is 19.6 Å². The standard InChI is InChI=1S/C11H11NO5/c1-7(13)9(6-11(14)15)8-4-2-3-5-10(8)12(16)17/h2-5,9H,6H2,1H3,(H,14,15). The molecular weight excluding hydrogens is 226 g/mol. The molecule has 0 bridgehead atoms. The molecule has 6 heteroatoms. The lowest BCUT2D eigenvalue weighted by Crippen LogP contribution is -2.15. The van der Waals surface area contributed by atoms with Crippen LogP contribution in [0.3, 0.4) is 0 Å². The maximum absolute atomic E-state index is 11.4. The molecule has 1 unspecified atom stereocenters. The van der Waals surface area contributed by atoms with Gasteiger partial charge in [0.25, 0.3) is 5.69 Å². The fraction of sp³-hybridized carbons (Fsp3) is 0.273. The first-order valence-electron chi connectivity index (χ1n) is 4.89. The monoisotopic (exact) mass is 237 g/mol. The first-order valence-corrected chi connectivity index (χ1v) is 4.89. The minimum atomic E-state index is -1.16. The predicted octanol–water partition coefficient (Wildman–Crippen LogP) is 1.74. The summed E-state index contributed by atoms with van der Waals surface area (Å²) >= 11 is 0. The maximum Gasteiger partial charge on any atom is 0.304 e. The number of benzene rings is 1. The van der Waals surface area contributed by atoms with Crippen molar-refractivity contribution in [3.05, 3.63) is 39.9 Å². The van der Waals surface area contributed by atoms with Crippen molar-refractivity contribution in [2.75, 3.05) is 0 Å². The highest BCUT2D eigenvalue weighted by atomic mass is 16.6. The number of carboxylic acids is 1. The first-order chi connectivity index (χ1) is 7.93. The second-order valence-electron chi connectivity index (χ2n) is 3.58. The molecule has 0 saturated carbocycles. The number of para-hydroxylation sites is 1. The van der Waals surface area contributed by atoms with Gasteiger partial charge in [-0.1, -0.05) is 18.2 Å². The minimum absolute atomic E-state index is 0.146. The van der Waals surface area contributed by atoms with Crippen LogP contribution >= 0.6 is 0 Å². The van der Waals surface area contributed by atoms with E-state index in [0.29, 0.717) is 0 Å². The fourth-order valence-electron chi connectivity index (χ4n) is 1.60. The third kappa shape index (κ3) is 3.10. The summed E-state index contributed by atoms with van der Waals surface area (Å²) in [7, 11) is 0. The molecule has 90 valence electrons. The van der Waals surface area contributed by atoms with Gasteiger partial charge >= 0.3 is 5.97 Å². The number of carbonyl (C=O) groups is 2. The largest absolute Gasteiger partial charge is 0.481 e. The molecular formula is C11H11NO5. The van der Waals surface area contributed by atoms with Crippen LogP contribution in [-0.2, 0) is 9.59 Å². The molecule has 1 atom stereocenters. The molecule has 0 aliphatic heterocycles. The van der Waals surface area contributed by atoms with E-state index < -0.39 is 29.0 Å². The number of ketones is 1. The Kier molecular flexibility index (Phi) is 3.92. The Morgan fingerprint density at radius 2 is 2.00 bits per heavy atom. The molecule has 1 N–H and O–H groups in total. The summed E-state index contributed by atoms with van der Waals surface area (Å²) in [5.74, 6) is -2.54. The van der Waals surface area contributed by atoms with Crippen molar-refractivity contribution in [3.8, 4) is 0 Å². The molecule has 0 spiro atoms. The lowest BCUT2D eigenvalue weighted by Gasteiger charge is -2.11. The van der Waals surface area contributed by atoms with Gasteiger partial charge in [0.05, 0.1) is 17.3 Å². The molecule has 0 saturated heterocycles. The molecule has 0 fully saturated rings. The molecule has 1 aromatic carbocycles. The maximum atomic E-state index is 11.4. The van der Waals surface area contributed by atoms with E-state index in [9.17, 15) is 19.7 Å². The lowest BCUT2D eigenvalue weighted by atomic mass is 9.91. The zero-order chi connectivity index (χ0) is 13.0. The van der Waals surface area contributed by atoms with Gasteiger partial charge in [-0.2, -0.15) is 0 Å². The van der Waals surface area contributed by atoms with Crippen LogP contribution < -0.4 is 0 Å². The summed E-state index contributed by atoms with van der Waals surface area (Å²) in [5.41, 5.74) is -0.0821. The topological polar surface area (TPSA) is 97.5 Å². The van der Waals surface area contributed by atoms with Gasteiger partial charge in [-0.25, -0.2) is 0 Å². The number of nitro benzene ring substituents is 1. The summed E-state index contributed by atoms with van der Waals surface area (Å²) in [6, 6.07) is 5.68. The Balaban J connectivity index is 3.22. The number of aliphatic carboxylic acids is 1. The Labute approximate surface area is 97.0 Å². The molecule has 0 amide bonds. The summed E-state index contributed by atoms with van der Waals surface area (Å²) < 4.78 is 0. The highest BCUT2D eigenvalue weighted by molar-refractivity contribution is 5.88. The molecule has 17 heavy (non-hydrogen) atoms. The van der Waals surface area contributed by atoms with Crippen molar-refractivity contribution in [1.82, 2.24) is 0 Å². The number of rotatable bonds is 5. The van der Waals surface area contributed by atoms with Crippen molar-refractivity contribution in [1.29, 1.82) is 0 Å². The number of carbonyl (C=O) groups excluding carboxylic acids is 1. The van der Waals surface area contributed by atoms with E-state index in [2.05, 4.69) is 0 Å². The molecule has 0 radical (unpaired) electrons. The highest BCUT2D eigenvalue weighted by Crippen LogP contribution is 2.29. The Morgan fingerprint density at radius 3 is 2.47 bits per heavy atom. The van der Waals surface area contributed by atoms with E-state index in [-0.39, 0.29) is 11.3 Å². The normalized spacial score (nSPS) is 11.8. The summed E-state index contributed by atoms with van der Waals surface area (Å²) in [5, 5.41) is 19.5. The Bertz CT molecular complexity index is 469. The SMILES string of the molecule is CC(=O)C(CC(=O)O)c1ccccc1[N+](=O)[O-]. The van der Waals surface area contributed by atoms with Crippen LogP contribution in [0.5, 0.6) is 0 Å². The van der Waals surface area contributed by atoms with Gasteiger partial charge in [0, 0.05) is 11.6 Å². The summed E-state index contributed by atoms with van der Waals surface area (Å²) in [6.07, 6.45) is -0.444. The van der Waals surface area contributed by atoms with E-state index in [0.717, 1.165) is 0 Å². The first kappa shape index (κ1) is 12.8. The summed E-state index contributed by atoms with van der Waals surface area (Å²) in [4.78, 5) is 32.2. The van der Waals surface area contributed by atoms with E-state index >= 15 is 0 Å². The number of nitrogens with zero attached hydrogens (tertiary/aromatic N) is 1. The number of hydrogen-bond donors (Lipinski definition) is 1. The van der Waals surface area contributed by atoms with E-state index in [1.165, 1.54) is 25.1 Å². The quantitative estimate of drug-likeness (QED) is 0.621. The van der Waals surface area contributed by atoms with Crippen molar-refractivity contribution >= 4 is 17.4 Å². The molecule has 1 rings (SSSR count). The second-order valence-corrected chi connectivity index (χ2v) is 3.58. The average molecular weight is 237 g/mol. The summed E-state index contributed by atoms with van der Waals surface area (Å²) in [6.45, 7) is 1.23. The van der Waals surface area contributed by atoms with Crippen molar-refractivity contribution in [3.63, 3.8) is 0 Å².